The van der Waals surface area contributed by atoms with Crippen molar-refractivity contribution in [2.24, 2.45) is 0 Å². The maximum atomic E-state index is 5.16. The standard InChI is InChI=1S/C17H20NO/c1-18(2)16-6-4-5-15(13-16)8-7-14-9-11-17(19-3)12-10-14/h4,6,9-13H,7-8H2,1-3H3. The van der Waals surface area contributed by atoms with Gasteiger partial charge in [0.2, 0.25) is 0 Å². The minimum atomic E-state index is 0.907. The minimum Gasteiger partial charge on any atom is -0.497 e. The highest BCUT2D eigenvalue weighted by molar-refractivity contribution is 5.46. The summed E-state index contributed by atoms with van der Waals surface area (Å²) in [4.78, 5) is 2.12. The Morgan fingerprint density at radius 1 is 1.05 bits per heavy atom. The summed E-state index contributed by atoms with van der Waals surface area (Å²) >= 11 is 0. The molecule has 0 unspecified atom stereocenters. The van der Waals surface area contributed by atoms with Gasteiger partial charge in [0.05, 0.1) is 7.11 Å². The molecule has 0 aliphatic rings. The van der Waals surface area contributed by atoms with Gasteiger partial charge in [-0.2, -0.15) is 0 Å². The Balaban J connectivity index is 1.99. The average Bonchev–Trinajstić information content (AvgIpc) is 2.46. The highest BCUT2D eigenvalue weighted by Crippen LogP contribution is 2.16. The van der Waals surface area contributed by atoms with Crippen molar-refractivity contribution < 1.29 is 4.74 Å². The van der Waals surface area contributed by atoms with Crippen LogP contribution in [-0.4, -0.2) is 21.2 Å². The molecule has 2 aromatic carbocycles. The quantitative estimate of drug-likeness (QED) is 0.811. The third-order valence-electron chi connectivity index (χ3n) is 3.20. The summed E-state index contributed by atoms with van der Waals surface area (Å²) in [6.45, 7) is 0. The van der Waals surface area contributed by atoms with Crippen LogP contribution < -0.4 is 9.64 Å². The lowest BCUT2D eigenvalue weighted by Crippen LogP contribution is -2.08. The van der Waals surface area contributed by atoms with E-state index in [-0.39, 0.29) is 0 Å². The first-order valence-electron chi connectivity index (χ1n) is 6.50. The van der Waals surface area contributed by atoms with E-state index in [2.05, 4.69) is 49.3 Å². The monoisotopic (exact) mass is 254 g/mol. The number of hydrogen-bond donors (Lipinski definition) is 0. The van der Waals surface area contributed by atoms with E-state index < -0.39 is 0 Å². The van der Waals surface area contributed by atoms with E-state index >= 15 is 0 Å². The molecule has 0 N–H and O–H groups in total. The zero-order valence-electron chi connectivity index (χ0n) is 11.8. The summed E-state index contributed by atoms with van der Waals surface area (Å²) < 4.78 is 5.16. The molecule has 2 nitrogen and oxygen atoms in total. The molecule has 0 saturated carbocycles. The molecule has 1 radical (unpaired) electrons. The van der Waals surface area contributed by atoms with Crippen LogP contribution in [0.2, 0.25) is 0 Å². The van der Waals surface area contributed by atoms with Crippen LogP contribution in [0, 0.1) is 6.07 Å². The summed E-state index contributed by atoms with van der Waals surface area (Å²) in [5.74, 6) is 0.907. The molecule has 2 aromatic rings. The molecule has 0 bridgehead atoms. The van der Waals surface area contributed by atoms with Crippen LogP contribution in [0.1, 0.15) is 11.1 Å². The van der Waals surface area contributed by atoms with Crippen molar-refractivity contribution in [2.45, 2.75) is 12.8 Å². The van der Waals surface area contributed by atoms with Crippen molar-refractivity contribution in [3.63, 3.8) is 0 Å². The van der Waals surface area contributed by atoms with Crippen LogP contribution in [-0.2, 0) is 12.8 Å². The van der Waals surface area contributed by atoms with Crippen molar-refractivity contribution in [3.05, 3.63) is 59.7 Å². The van der Waals surface area contributed by atoms with Crippen molar-refractivity contribution in [3.8, 4) is 5.75 Å². The molecule has 0 saturated heterocycles. The number of hydrogen-bond acceptors (Lipinski definition) is 2. The maximum Gasteiger partial charge on any atom is 0.118 e. The highest BCUT2D eigenvalue weighted by atomic mass is 16.5. The number of anilines is 1. The van der Waals surface area contributed by atoms with Gasteiger partial charge in [-0.3, -0.25) is 0 Å². The molecule has 0 aliphatic heterocycles. The predicted molar refractivity (Wildman–Crippen MR) is 80.0 cm³/mol. The first-order chi connectivity index (χ1) is 9.19. The largest absolute Gasteiger partial charge is 0.497 e. The Hall–Kier alpha value is -1.96. The fourth-order valence-corrected chi connectivity index (χ4v) is 2.00. The lowest BCUT2D eigenvalue weighted by Gasteiger charge is -2.13. The molecule has 0 spiro atoms. The molecule has 0 heterocycles. The van der Waals surface area contributed by atoms with Gasteiger partial charge < -0.3 is 9.64 Å². The summed E-state index contributed by atoms with van der Waals surface area (Å²) in [5, 5.41) is 0. The van der Waals surface area contributed by atoms with Crippen LogP contribution in [0.3, 0.4) is 0 Å². The van der Waals surface area contributed by atoms with E-state index in [9.17, 15) is 0 Å². The Morgan fingerprint density at radius 2 is 1.79 bits per heavy atom. The topological polar surface area (TPSA) is 12.5 Å². The van der Waals surface area contributed by atoms with Gasteiger partial charge in [0.1, 0.15) is 5.75 Å². The third-order valence-corrected chi connectivity index (χ3v) is 3.20. The summed E-state index contributed by atoms with van der Waals surface area (Å²) in [7, 11) is 5.81. The maximum absolute atomic E-state index is 5.16. The van der Waals surface area contributed by atoms with E-state index in [1.807, 2.05) is 18.2 Å². The van der Waals surface area contributed by atoms with Gasteiger partial charge in [-0.1, -0.05) is 18.2 Å². The lowest BCUT2D eigenvalue weighted by atomic mass is 10.0. The fourth-order valence-electron chi connectivity index (χ4n) is 2.00. The molecule has 0 amide bonds. The lowest BCUT2D eigenvalue weighted by molar-refractivity contribution is 0.414. The molecule has 19 heavy (non-hydrogen) atoms. The average molecular weight is 254 g/mol. The van der Waals surface area contributed by atoms with Crippen molar-refractivity contribution in [1.82, 2.24) is 0 Å². The van der Waals surface area contributed by atoms with Crippen LogP contribution >= 0.6 is 0 Å². The van der Waals surface area contributed by atoms with Gasteiger partial charge in [0.25, 0.3) is 0 Å². The Morgan fingerprint density at radius 3 is 2.42 bits per heavy atom. The first kappa shape index (κ1) is 13.5. The molecule has 99 valence electrons. The van der Waals surface area contributed by atoms with E-state index in [1.165, 1.54) is 16.8 Å². The number of aryl methyl sites for hydroxylation is 2. The summed E-state index contributed by atoms with van der Waals surface area (Å²) in [5.41, 5.74) is 3.80. The van der Waals surface area contributed by atoms with Crippen molar-refractivity contribution >= 4 is 5.69 Å². The second kappa shape index (κ2) is 6.28. The summed E-state index contributed by atoms with van der Waals surface area (Å²) in [6.07, 6.45) is 2.03. The smallest absolute Gasteiger partial charge is 0.118 e. The molecule has 2 rings (SSSR count). The van der Waals surface area contributed by atoms with Gasteiger partial charge in [-0.15, -0.1) is 0 Å². The van der Waals surface area contributed by atoms with Crippen LogP contribution in [0.5, 0.6) is 5.75 Å². The Labute approximate surface area is 115 Å². The van der Waals surface area contributed by atoms with Gasteiger partial charge in [0, 0.05) is 19.8 Å². The molecule has 0 aliphatic carbocycles. The van der Waals surface area contributed by atoms with Crippen molar-refractivity contribution in [2.75, 3.05) is 26.1 Å². The molecule has 0 fully saturated rings. The van der Waals surface area contributed by atoms with Gasteiger partial charge >= 0.3 is 0 Å². The Bertz CT molecular complexity index is 517. The SMILES string of the molecule is COc1ccc(CCc2[c]ccc(N(C)C)c2)cc1. The molecular formula is C17H20NO. The second-order valence-corrected chi connectivity index (χ2v) is 4.81. The fraction of sp³-hybridized carbons (Fsp3) is 0.294. The molecule has 0 aromatic heterocycles. The molecule has 2 heteroatoms. The predicted octanol–water partition coefficient (Wildman–Crippen LogP) is 3.35. The third kappa shape index (κ3) is 3.75. The molecular weight excluding hydrogens is 234 g/mol. The van der Waals surface area contributed by atoms with Crippen LogP contribution in [0.15, 0.2) is 42.5 Å². The molecule has 0 atom stereocenters. The van der Waals surface area contributed by atoms with Gasteiger partial charge in [-0.25, -0.2) is 0 Å². The zero-order valence-corrected chi connectivity index (χ0v) is 11.8. The van der Waals surface area contributed by atoms with E-state index in [1.54, 1.807) is 7.11 Å². The van der Waals surface area contributed by atoms with Gasteiger partial charge in [0.15, 0.2) is 0 Å². The Kier molecular flexibility index (Phi) is 4.45. The zero-order chi connectivity index (χ0) is 13.7. The van der Waals surface area contributed by atoms with Crippen molar-refractivity contribution in [1.29, 1.82) is 0 Å². The van der Waals surface area contributed by atoms with Crippen LogP contribution in [0.4, 0.5) is 5.69 Å². The highest BCUT2D eigenvalue weighted by Gasteiger charge is 2.00. The number of benzene rings is 2. The number of rotatable bonds is 5. The number of ether oxygens (including phenoxy) is 1. The van der Waals surface area contributed by atoms with Crippen LogP contribution in [0.25, 0.3) is 0 Å². The minimum absolute atomic E-state index is 0.907. The normalized spacial score (nSPS) is 10.3. The van der Waals surface area contributed by atoms with E-state index in [4.69, 9.17) is 4.74 Å². The number of methoxy groups -OCH3 is 1. The second-order valence-electron chi connectivity index (χ2n) is 4.81. The van der Waals surface area contributed by atoms with E-state index in [0.29, 0.717) is 0 Å². The first-order valence-corrected chi connectivity index (χ1v) is 6.50. The van der Waals surface area contributed by atoms with E-state index in [0.717, 1.165) is 18.6 Å². The summed E-state index contributed by atoms with van der Waals surface area (Å²) in [6, 6.07) is 17.8. The van der Waals surface area contributed by atoms with Gasteiger partial charge in [-0.05, 0) is 54.3 Å². The number of nitrogens with zero attached hydrogens (tertiary/aromatic N) is 1.